The van der Waals surface area contributed by atoms with E-state index in [1.807, 2.05) is 0 Å². The predicted octanol–water partition coefficient (Wildman–Crippen LogP) is 2.12. The first kappa shape index (κ1) is 10.1. The molecule has 5 heteroatoms. The van der Waals surface area contributed by atoms with Crippen LogP contribution in [0.15, 0.2) is 22.8 Å². The van der Waals surface area contributed by atoms with Crippen molar-refractivity contribution in [2.45, 2.75) is 6.42 Å². The number of alkyl halides is 1. The van der Waals surface area contributed by atoms with Gasteiger partial charge in [0.25, 0.3) is 5.91 Å². The highest BCUT2D eigenvalue weighted by molar-refractivity contribution is 6.17. The van der Waals surface area contributed by atoms with Crippen LogP contribution in [0.5, 0.6) is 0 Å². The maximum absolute atomic E-state index is 11.6. The molecule has 0 saturated carbocycles. The van der Waals surface area contributed by atoms with Gasteiger partial charge in [-0.05, 0) is 6.42 Å². The van der Waals surface area contributed by atoms with E-state index in [1.165, 1.54) is 0 Å². The van der Waals surface area contributed by atoms with Crippen LogP contribution in [-0.4, -0.2) is 23.3 Å². The fraction of sp³-hybridized carbons (Fsp3) is 0.300. The molecule has 0 aliphatic carbocycles. The van der Waals surface area contributed by atoms with Gasteiger partial charge in [-0.25, -0.2) is 0 Å². The van der Waals surface area contributed by atoms with Gasteiger partial charge in [0.05, 0.1) is 11.8 Å². The molecule has 0 spiro atoms. The molecule has 0 radical (unpaired) electrons. The molecular weight excluding hydrogens is 216 g/mol. The third kappa shape index (κ3) is 2.15. The van der Waals surface area contributed by atoms with Gasteiger partial charge in [-0.15, -0.1) is 11.6 Å². The molecule has 15 heavy (non-hydrogen) atoms. The van der Waals surface area contributed by atoms with Crippen LogP contribution in [0.1, 0.15) is 16.9 Å². The average Bonchev–Trinajstić information content (AvgIpc) is 2.76. The van der Waals surface area contributed by atoms with Crippen LogP contribution >= 0.6 is 11.6 Å². The number of aromatic amines is 1. The molecule has 0 fully saturated rings. The van der Waals surface area contributed by atoms with Crippen molar-refractivity contribution < 1.29 is 9.21 Å². The summed E-state index contributed by atoms with van der Waals surface area (Å²) < 4.78 is 5.14. The fourth-order valence-corrected chi connectivity index (χ4v) is 1.47. The van der Waals surface area contributed by atoms with E-state index < -0.39 is 0 Å². The number of furan rings is 1. The van der Waals surface area contributed by atoms with E-state index in [9.17, 15) is 4.79 Å². The van der Waals surface area contributed by atoms with Gasteiger partial charge in [0, 0.05) is 24.6 Å². The predicted molar refractivity (Wildman–Crippen MR) is 58.2 cm³/mol. The molecule has 0 atom stereocenters. The molecule has 2 aromatic rings. The van der Waals surface area contributed by atoms with Crippen molar-refractivity contribution in [1.82, 2.24) is 10.3 Å². The molecule has 2 N–H and O–H groups in total. The molecule has 0 aliphatic heterocycles. The highest BCUT2D eigenvalue weighted by Gasteiger charge is 2.09. The number of hydrogen-bond acceptors (Lipinski definition) is 2. The summed E-state index contributed by atoms with van der Waals surface area (Å²) in [5, 5.41) is 2.75. The Morgan fingerprint density at radius 2 is 2.47 bits per heavy atom. The summed E-state index contributed by atoms with van der Waals surface area (Å²) in [4.78, 5) is 14.5. The second kappa shape index (κ2) is 4.40. The SMILES string of the molecule is O=C(NCCCCl)c1cc2occc2[nH]1. The molecule has 1 amide bonds. The molecule has 0 unspecified atom stereocenters. The first-order chi connectivity index (χ1) is 7.31. The highest BCUT2D eigenvalue weighted by atomic mass is 35.5. The molecule has 0 bridgehead atoms. The lowest BCUT2D eigenvalue weighted by Gasteiger charge is -2.00. The van der Waals surface area contributed by atoms with Gasteiger partial charge in [0.1, 0.15) is 5.69 Å². The summed E-state index contributed by atoms with van der Waals surface area (Å²) in [6, 6.07) is 3.47. The lowest BCUT2D eigenvalue weighted by Crippen LogP contribution is -2.24. The smallest absolute Gasteiger partial charge is 0.267 e. The number of halogens is 1. The van der Waals surface area contributed by atoms with Crippen LogP contribution in [-0.2, 0) is 0 Å². The Bertz CT molecular complexity index is 432. The standard InChI is InChI=1S/C10H11ClN2O2/c11-3-1-4-12-10(14)8-6-9-7(13-8)2-5-15-9/h2,5-6,13H,1,3-4H2,(H,12,14). The fourth-order valence-electron chi connectivity index (χ4n) is 1.33. The zero-order valence-electron chi connectivity index (χ0n) is 8.05. The van der Waals surface area contributed by atoms with E-state index in [1.54, 1.807) is 18.4 Å². The molecule has 2 aromatic heterocycles. The number of rotatable bonds is 4. The Labute approximate surface area is 91.6 Å². The monoisotopic (exact) mass is 226 g/mol. The van der Waals surface area contributed by atoms with Crippen molar-refractivity contribution in [1.29, 1.82) is 0 Å². The lowest BCUT2D eigenvalue weighted by atomic mass is 10.4. The van der Waals surface area contributed by atoms with E-state index >= 15 is 0 Å². The maximum atomic E-state index is 11.6. The molecule has 0 aromatic carbocycles. The second-order valence-electron chi connectivity index (χ2n) is 3.18. The minimum Gasteiger partial charge on any atom is -0.463 e. The summed E-state index contributed by atoms with van der Waals surface area (Å²) in [5.41, 5.74) is 2.04. The largest absolute Gasteiger partial charge is 0.463 e. The molecule has 4 nitrogen and oxygen atoms in total. The number of hydrogen-bond donors (Lipinski definition) is 2. The van der Waals surface area contributed by atoms with Gasteiger partial charge in [0.2, 0.25) is 0 Å². The van der Waals surface area contributed by atoms with E-state index in [0.29, 0.717) is 23.7 Å². The van der Waals surface area contributed by atoms with Crippen LogP contribution in [0.4, 0.5) is 0 Å². The number of carbonyl (C=O) groups excluding carboxylic acids is 1. The first-order valence-electron chi connectivity index (χ1n) is 4.71. The number of H-pyrrole nitrogens is 1. The summed E-state index contributed by atoms with van der Waals surface area (Å²) in [6.45, 7) is 0.586. The molecule has 0 saturated heterocycles. The van der Waals surface area contributed by atoms with Crippen molar-refractivity contribution in [3.63, 3.8) is 0 Å². The zero-order valence-corrected chi connectivity index (χ0v) is 8.80. The second-order valence-corrected chi connectivity index (χ2v) is 3.56. The van der Waals surface area contributed by atoms with Crippen molar-refractivity contribution in [2.75, 3.05) is 12.4 Å². The van der Waals surface area contributed by atoms with Crippen molar-refractivity contribution in [3.05, 3.63) is 24.1 Å². The Morgan fingerprint density at radius 1 is 1.60 bits per heavy atom. The average molecular weight is 227 g/mol. The van der Waals surface area contributed by atoms with Gasteiger partial charge in [0.15, 0.2) is 5.58 Å². The van der Waals surface area contributed by atoms with Crippen molar-refractivity contribution in [3.8, 4) is 0 Å². The summed E-state index contributed by atoms with van der Waals surface area (Å²) in [6.07, 6.45) is 2.35. The number of amides is 1. The van der Waals surface area contributed by atoms with Gasteiger partial charge in [-0.3, -0.25) is 4.79 Å². The molecular formula is C10H11ClN2O2. The summed E-state index contributed by atoms with van der Waals surface area (Å²) >= 11 is 5.50. The quantitative estimate of drug-likeness (QED) is 0.620. The zero-order chi connectivity index (χ0) is 10.7. The van der Waals surface area contributed by atoms with Gasteiger partial charge >= 0.3 is 0 Å². The van der Waals surface area contributed by atoms with E-state index in [4.69, 9.17) is 16.0 Å². The van der Waals surface area contributed by atoms with Crippen LogP contribution in [0, 0.1) is 0 Å². The lowest BCUT2D eigenvalue weighted by molar-refractivity contribution is 0.0949. The number of fused-ring (bicyclic) bond motifs is 1. The third-order valence-corrected chi connectivity index (χ3v) is 2.35. The first-order valence-corrected chi connectivity index (χ1v) is 5.25. The number of carbonyl (C=O) groups is 1. The van der Waals surface area contributed by atoms with Crippen molar-refractivity contribution >= 4 is 28.6 Å². The summed E-state index contributed by atoms with van der Waals surface area (Å²) in [7, 11) is 0. The Hall–Kier alpha value is -1.42. The number of aromatic nitrogens is 1. The minimum absolute atomic E-state index is 0.133. The van der Waals surface area contributed by atoms with Crippen LogP contribution in [0.25, 0.3) is 11.1 Å². The molecule has 2 rings (SSSR count). The van der Waals surface area contributed by atoms with Gasteiger partial charge in [-0.2, -0.15) is 0 Å². The van der Waals surface area contributed by atoms with Crippen LogP contribution < -0.4 is 5.32 Å². The Morgan fingerprint density at radius 3 is 3.20 bits per heavy atom. The third-order valence-electron chi connectivity index (χ3n) is 2.08. The number of nitrogens with one attached hydrogen (secondary N) is 2. The van der Waals surface area contributed by atoms with Crippen LogP contribution in [0.2, 0.25) is 0 Å². The molecule has 0 aliphatic rings. The summed E-state index contributed by atoms with van der Waals surface area (Å²) in [5.74, 6) is 0.416. The molecule has 2 heterocycles. The van der Waals surface area contributed by atoms with E-state index in [2.05, 4.69) is 10.3 Å². The Balaban J connectivity index is 2.04. The highest BCUT2D eigenvalue weighted by Crippen LogP contribution is 2.15. The Kier molecular flexibility index (Phi) is 2.97. The molecule has 80 valence electrons. The van der Waals surface area contributed by atoms with Crippen LogP contribution in [0.3, 0.4) is 0 Å². The van der Waals surface area contributed by atoms with Gasteiger partial charge < -0.3 is 14.7 Å². The van der Waals surface area contributed by atoms with E-state index in [0.717, 1.165) is 11.9 Å². The van der Waals surface area contributed by atoms with Gasteiger partial charge in [-0.1, -0.05) is 0 Å². The van der Waals surface area contributed by atoms with E-state index in [-0.39, 0.29) is 5.91 Å². The maximum Gasteiger partial charge on any atom is 0.267 e. The topological polar surface area (TPSA) is 58.0 Å². The minimum atomic E-state index is -0.133. The normalized spacial score (nSPS) is 10.7. The van der Waals surface area contributed by atoms with Crippen molar-refractivity contribution in [2.24, 2.45) is 0 Å².